The van der Waals surface area contributed by atoms with E-state index in [1.165, 1.54) is 28.5 Å². The molecule has 1 aromatic rings. The molecule has 0 spiro atoms. The highest BCUT2D eigenvalue weighted by Gasteiger charge is 2.28. The number of nitrogens with zero attached hydrogens (tertiary/aromatic N) is 2. The summed E-state index contributed by atoms with van der Waals surface area (Å²) in [6.45, 7) is 4.54. The lowest BCUT2D eigenvalue weighted by molar-refractivity contribution is -0.128. The van der Waals surface area contributed by atoms with Gasteiger partial charge >= 0.3 is 5.97 Å². The standard InChI is InChI=1S/C21H30N2O4S2/c1-3-4-5-6-11-21(2,27)12-7-8-16-9-10-18(24)23(16)13-14-28-20-22-17(15-29-20)19(25)26/h6-8,11,15-16,27H,3-5,9-10,12-14H2,1-2H3,(H,25,26)/b8-7+,11-6+/t16-,21?/m0/s1. The number of carbonyl (C=O) groups is 2. The Hall–Kier alpha value is -1.64. The molecule has 0 saturated carbocycles. The second kappa shape index (κ2) is 11.5. The second-order valence-electron chi connectivity index (χ2n) is 7.38. The predicted molar refractivity (Wildman–Crippen MR) is 118 cm³/mol. The molecule has 1 aliphatic heterocycles. The molecule has 2 heterocycles. The van der Waals surface area contributed by atoms with Crippen LogP contribution in [0.25, 0.3) is 0 Å². The van der Waals surface area contributed by atoms with E-state index in [4.69, 9.17) is 5.11 Å². The summed E-state index contributed by atoms with van der Waals surface area (Å²) in [5, 5.41) is 20.9. The van der Waals surface area contributed by atoms with Gasteiger partial charge in [-0.05, 0) is 26.2 Å². The third-order valence-corrected chi connectivity index (χ3v) is 6.73. The number of aliphatic hydroxyl groups is 1. The number of thioether (sulfide) groups is 1. The van der Waals surface area contributed by atoms with Gasteiger partial charge in [-0.25, -0.2) is 9.78 Å². The van der Waals surface area contributed by atoms with Gasteiger partial charge in [0.25, 0.3) is 0 Å². The van der Waals surface area contributed by atoms with Crippen LogP contribution in [0.1, 0.15) is 62.9 Å². The van der Waals surface area contributed by atoms with Crippen molar-refractivity contribution in [2.45, 2.75) is 68.4 Å². The van der Waals surface area contributed by atoms with E-state index >= 15 is 0 Å². The van der Waals surface area contributed by atoms with Crippen molar-refractivity contribution in [3.63, 3.8) is 0 Å². The number of allylic oxidation sites excluding steroid dienone is 1. The lowest BCUT2D eigenvalue weighted by atomic mass is 10.00. The minimum absolute atomic E-state index is 0.0499. The maximum Gasteiger partial charge on any atom is 0.355 e. The third kappa shape index (κ3) is 7.95. The van der Waals surface area contributed by atoms with Gasteiger partial charge in [-0.15, -0.1) is 11.3 Å². The highest BCUT2D eigenvalue weighted by atomic mass is 32.2. The van der Waals surface area contributed by atoms with Gasteiger partial charge in [0, 0.05) is 24.1 Å². The first-order valence-electron chi connectivity index (χ1n) is 10.00. The molecule has 1 aliphatic rings. The van der Waals surface area contributed by atoms with Gasteiger partial charge in [0.05, 0.1) is 11.6 Å². The lowest BCUT2D eigenvalue weighted by Crippen LogP contribution is -2.33. The van der Waals surface area contributed by atoms with E-state index in [0.29, 0.717) is 29.5 Å². The van der Waals surface area contributed by atoms with Crippen molar-refractivity contribution < 1.29 is 19.8 Å². The summed E-state index contributed by atoms with van der Waals surface area (Å²) >= 11 is 2.77. The molecule has 1 unspecified atom stereocenters. The lowest BCUT2D eigenvalue weighted by Gasteiger charge is -2.22. The van der Waals surface area contributed by atoms with Crippen LogP contribution in [0.5, 0.6) is 0 Å². The van der Waals surface area contributed by atoms with Gasteiger partial charge in [0.1, 0.15) is 0 Å². The van der Waals surface area contributed by atoms with Crippen molar-refractivity contribution in [2.75, 3.05) is 12.3 Å². The molecule has 29 heavy (non-hydrogen) atoms. The van der Waals surface area contributed by atoms with Gasteiger partial charge in [0.2, 0.25) is 5.91 Å². The summed E-state index contributed by atoms with van der Waals surface area (Å²) in [5.41, 5.74) is -0.813. The van der Waals surface area contributed by atoms with Crippen molar-refractivity contribution in [1.29, 1.82) is 0 Å². The van der Waals surface area contributed by atoms with Gasteiger partial charge in [-0.2, -0.15) is 0 Å². The highest BCUT2D eigenvalue weighted by Crippen LogP contribution is 2.25. The van der Waals surface area contributed by atoms with E-state index < -0.39 is 11.6 Å². The Morgan fingerprint density at radius 3 is 2.97 bits per heavy atom. The Morgan fingerprint density at radius 2 is 2.28 bits per heavy atom. The molecule has 160 valence electrons. The van der Waals surface area contributed by atoms with Crippen LogP contribution >= 0.6 is 23.1 Å². The normalized spacial score (nSPS) is 19.5. The first-order valence-corrected chi connectivity index (χ1v) is 11.9. The molecular formula is C21H30N2O4S2. The molecule has 6 nitrogen and oxygen atoms in total. The predicted octanol–water partition coefficient (Wildman–Crippen LogP) is 4.37. The van der Waals surface area contributed by atoms with Crippen molar-refractivity contribution in [3.8, 4) is 0 Å². The number of thiazole rings is 1. The molecule has 1 aromatic heterocycles. The highest BCUT2D eigenvalue weighted by molar-refractivity contribution is 8.01. The minimum atomic E-state index is -1.02. The number of carbonyl (C=O) groups excluding carboxylic acids is 1. The average Bonchev–Trinajstić information content (AvgIpc) is 3.27. The van der Waals surface area contributed by atoms with Crippen molar-refractivity contribution in [3.05, 3.63) is 35.4 Å². The molecule has 0 aliphatic carbocycles. The molecule has 2 N–H and O–H groups in total. The molecule has 1 amide bonds. The summed E-state index contributed by atoms with van der Waals surface area (Å²) in [6, 6.07) is 0.0499. The number of aromatic carboxylic acids is 1. The fourth-order valence-corrected chi connectivity index (χ4v) is 4.90. The van der Waals surface area contributed by atoms with E-state index in [1.54, 1.807) is 6.92 Å². The maximum absolute atomic E-state index is 12.2. The zero-order chi connectivity index (χ0) is 21.3. The molecule has 1 saturated heterocycles. The fraction of sp³-hybridized carbons (Fsp3) is 0.571. The van der Waals surface area contributed by atoms with E-state index in [1.807, 2.05) is 29.2 Å². The summed E-state index contributed by atoms with van der Waals surface area (Å²) < 4.78 is 0.701. The number of amides is 1. The zero-order valence-corrected chi connectivity index (χ0v) is 18.7. The van der Waals surface area contributed by atoms with Crippen LogP contribution in [-0.2, 0) is 4.79 Å². The smallest absolute Gasteiger partial charge is 0.355 e. The quantitative estimate of drug-likeness (QED) is 0.286. The molecule has 8 heteroatoms. The molecule has 2 atom stereocenters. The zero-order valence-electron chi connectivity index (χ0n) is 17.0. The summed E-state index contributed by atoms with van der Waals surface area (Å²) in [6.07, 6.45) is 13.0. The first kappa shape index (κ1) is 23.6. The number of likely N-dealkylation sites (tertiary alicyclic amines) is 1. The monoisotopic (exact) mass is 438 g/mol. The van der Waals surface area contributed by atoms with Crippen molar-refractivity contribution in [2.24, 2.45) is 0 Å². The second-order valence-corrected chi connectivity index (χ2v) is 9.58. The van der Waals surface area contributed by atoms with Crippen LogP contribution in [0.15, 0.2) is 34.0 Å². The largest absolute Gasteiger partial charge is 0.476 e. The molecule has 0 aromatic carbocycles. The summed E-state index contributed by atoms with van der Waals surface area (Å²) in [5.74, 6) is -0.221. The Bertz CT molecular complexity index is 743. The topological polar surface area (TPSA) is 90.7 Å². The Balaban J connectivity index is 1.81. The number of aromatic nitrogens is 1. The van der Waals surface area contributed by atoms with Crippen molar-refractivity contribution in [1.82, 2.24) is 9.88 Å². The van der Waals surface area contributed by atoms with Crippen LogP contribution in [0.2, 0.25) is 0 Å². The van der Waals surface area contributed by atoms with Crippen LogP contribution in [0.4, 0.5) is 0 Å². The van der Waals surface area contributed by atoms with Gasteiger partial charge in [0.15, 0.2) is 10.0 Å². The molecule has 1 fully saturated rings. The third-order valence-electron chi connectivity index (χ3n) is 4.73. The Labute approximate surface area is 180 Å². The van der Waals surface area contributed by atoms with E-state index in [2.05, 4.69) is 11.9 Å². The van der Waals surface area contributed by atoms with Gasteiger partial charge in [-0.1, -0.05) is 55.8 Å². The maximum atomic E-state index is 12.2. The Kier molecular flexibility index (Phi) is 9.39. The first-order chi connectivity index (χ1) is 13.8. The number of carboxylic acid groups (broad SMARTS) is 1. The average molecular weight is 439 g/mol. The van der Waals surface area contributed by atoms with E-state index in [0.717, 1.165) is 25.7 Å². The number of hydrogen-bond acceptors (Lipinski definition) is 6. The fourth-order valence-electron chi connectivity index (χ4n) is 3.09. The van der Waals surface area contributed by atoms with Crippen LogP contribution in [0, 0.1) is 0 Å². The van der Waals surface area contributed by atoms with Crippen LogP contribution in [-0.4, -0.2) is 55.9 Å². The van der Waals surface area contributed by atoms with Crippen molar-refractivity contribution >= 4 is 35.0 Å². The Morgan fingerprint density at radius 1 is 1.48 bits per heavy atom. The summed E-state index contributed by atoms with van der Waals surface area (Å²) in [7, 11) is 0. The van der Waals surface area contributed by atoms with Crippen LogP contribution in [0.3, 0.4) is 0 Å². The SMILES string of the molecule is CCCC/C=C/C(C)(O)C/C=C/[C@H]1CCC(=O)N1CCSc1nc(C(=O)O)cs1. The van der Waals surface area contributed by atoms with Crippen LogP contribution < -0.4 is 0 Å². The molecular weight excluding hydrogens is 408 g/mol. The number of unbranched alkanes of at least 4 members (excludes halogenated alkanes) is 2. The van der Waals surface area contributed by atoms with Gasteiger partial charge in [-0.3, -0.25) is 4.79 Å². The number of carboxylic acids is 1. The number of hydrogen-bond donors (Lipinski definition) is 2. The number of rotatable bonds is 12. The van der Waals surface area contributed by atoms with Gasteiger partial charge < -0.3 is 15.1 Å². The summed E-state index contributed by atoms with van der Waals surface area (Å²) in [4.78, 5) is 29.0. The van der Waals surface area contributed by atoms with E-state index in [9.17, 15) is 14.7 Å². The minimum Gasteiger partial charge on any atom is -0.476 e. The molecule has 0 radical (unpaired) electrons. The molecule has 2 rings (SSSR count). The molecule has 0 bridgehead atoms. The van der Waals surface area contributed by atoms with E-state index in [-0.39, 0.29) is 17.6 Å².